The van der Waals surface area contributed by atoms with E-state index in [1.807, 2.05) is 0 Å². The molecular formula is C13H19N3O4S. The fraction of sp³-hybridized carbons (Fsp3) is 0.462. The molecule has 0 fully saturated rings. The average Bonchev–Trinajstić information content (AvgIpc) is 2.61. The molecule has 0 spiro atoms. The first-order chi connectivity index (χ1) is 9.65. The summed E-state index contributed by atoms with van der Waals surface area (Å²) in [7, 11) is 0. The molecule has 4 N–H and O–H groups in total. The van der Waals surface area contributed by atoms with Crippen molar-refractivity contribution in [3.63, 3.8) is 0 Å². The van der Waals surface area contributed by atoms with Gasteiger partial charge >= 0.3 is 12.0 Å². The molecule has 116 valence electrons. The Kier molecular flexibility index (Phi) is 5.31. The molecule has 1 aromatic heterocycles. The smallest absolute Gasteiger partial charge is 0.338 e. The number of primary amides is 1. The third-order valence-corrected chi connectivity index (χ3v) is 4.15. The van der Waals surface area contributed by atoms with Gasteiger partial charge in [-0.15, -0.1) is 11.3 Å². The molecular weight excluding hydrogens is 294 g/mol. The number of amides is 3. The number of urea groups is 1. The number of rotatable bonds is 5. The molecule has 0 aliphatic carbocycles. The molecule has 7 nitrogen and oxygen atoms in total. The lowest BCUT2D eigenvalue weighted by atomic mass is 10.1. The van der Waals surface area contributed by atoms with Gasteiger partial charge in [-0.05, 0) is 33.3 Å². The molecule has 1 heterocycles. The minimum atomic E-state index is -1.10. The summed E-state index contributed by atoms with van der Waals surface area (Å²) in [5.74, 6) is -1.73. The van der Waals surface area contributed by atoms with Crippen LogP contribution in [0.1, 0.15) is 34.6 Å². The van der Waals surface area contributed by atoms with E-state index in [0.29, 0.717) is 5.56 Å². The third-order valence-electron chi connectivity index (χ3n) is 3.03. The van der Waals surface area contributed by atoms with Crippen molar-refractivity contribution in [2.24, 2.45) is 5.73 Å². The van der Waals surface area contributed by atoms with Crippen LogP contribution in [-0.2, 0) is 4.79 Å². The summed E-state index contributed by atoms with van der Waals surface area (Å²) in [5, 5.41) is 12.1. The van der Waals surface area contributed by atoms with Gasteiger partial charge in [-0.25, -0.2) is 9.59 Å². The summed E-state index contributed by atoms with van der Waals surface area (Å²) in [6.45, 7) is 6.73. The number of hydrogen-bond acceptors (Lipinski definition) is 4. The number of aryl methyl sites for hydroxylation is 1. The van der Waals surface area contributed by atoms with Crippen LogP contribution in [0.3, 0.4) is 0 Å². The number of nitrogens with one attached hydrogen (secondary N) is 1. The first-order valence-electron chi connectivity index (χ1n) is 6.34. The summed E-state index contributed by atoms with van der Waals surface area (Å²) in [5.41, 5.74) is 5.81. The van der Waals surface area contributed by atoms with Gasteiger partial charge in [-0.1, -0.05) is 0 Å². The normalized spacial score (nSPS) is 10.5. The number of hydrogen-bond donors (Lipinski definition) is 3. The second-order valence-electron chi connectivity index (χ2n) is 4.91. The van der Waals surface area contributed by atoms with Crippen molar-refractivity contribution in [2.75, 3.05) is 11.9 Å². The summed E-state index contributed by atoms with van der Waals surface area (Å²) in [4.78, 5) is 36.6. The number of carboxylic acids is 1. The van der Waals surface area contributed by atoms with Crippen LogP contribution in [0, 0.1) is 13.8 Å². The van der Waals surface area contributed by atoms with E-state index < -0.39 is 17.9 Å². The van der Waals surface area contributed by atoms with Gasteiger partial charge in [-0.2, -0.15) is 0 Å². The molecule has 3 amide bonds. The Bertz CT molecular complexity index is 580. The van der Waals surface area contributed by atoms with Crippen molar-refractivity contribution in [1.82, 2.24) is 4.90 Å². The number of anilines is 1. The Hall–Kier alpha value is -2.09. The molecule has 0 radical (unpaired) electrons. The predicted octanol–water partition coefficient (Wildman–Crippen LogP) is 1.79. The number of aromatic carboxylic acids is 1. The summed E-state index contributed by atoms with van der Waals surface area (Å²) in [6.07, 6.45) is 0. The van der Waals surface area contributed by atoms with E-state index in [1.165, 1.54) is 16.2 Å². The van der Waals surface area contributed by atoms with Gasteiger partial charge in [0.15, 0.2) is 0 Å². The highest BCUT2D eigenvalue weighted by atomic mass is 32.1. The van der Waals surface area contributed by atoms with Crippen molar-refractivity contribution in [3.05, 3.63) is 16.0 Å². The molecule has 0 unspecified atom stereocenters. The van der Waals surface area contributed by atoms with Crippen LogP contribution in [0.4, 0.5) is 9.80 Å². The lowest BCUT2D eigenvalue weighted by Crippen LogP contribution is -2.45. The van der Waals surface area contributed by atoms with Crippen molar-refractivity contribution >= 4 is 34.2 Å². The molecule has 0 atom stereocenters. The van der Waals surface area contributed by atoms with Gasteiger partial charge in [0, 0.05) is 10.9 Å². The number of thiophene rings is 1. The number of carbonyl (C=O) groups is 3. The first-order valence-corrected chi connectivity index (χ1v) is 7.16. The predicted molar refractivity (Wildman–Crippen MR) is 80.8 cm³/mol. The molecule has 1 aromatic rings. The van der Waals surface area contributed by atoms with Crippen LogP contribution >= 0.6 is 11.3 Å². The van der Waals surface area contributed by atoms with E-state index >= 15 is 0 Å². The largest absolute Gasteiger partial charge is 0.478 e. The van der Waals surface area contributed by atoms with Gasteiger partial charge in [0.2, 0.25) is 5.91 Å². The maximum atomic E-state index is 12.2. The fourth-order valence-electron chi connectivity index (χ4n) is 1.80. The Morgan fingerprint density at radius 2 is 1.90 bits per heavy atom. The van der Waals surface area contributed by atoms with Crippen LogP contribution in [0.25, 0.3) is 0 Å². The van der Waals surface area contributed by atoms with Gasteiger partial charge in [0.05, 0.1) is 5.56 Å². The Labute approximate surface area is 126 Å². The van der Waals surface area contributed by atoms with Gasteiger partial charge < -0.3 is 15.7 Å². The monoisotopic (exact) mass is 313 g/mol. The van der Waals surface area contributed by atoms with Gasteiger partial charge in [0.1, 0.15) is 11.5 Å². The highest BCUT2D eigenvalue weighted by Gasteiger charge is 2.24. The van der Waals surface area contributed by atoms with E-state index in [-0.39, 0.29) is 23.2 Å². The highest BCUT2D eigenvalue weighted by Crippen LogP contribution is 2.32. The molecule has 0 aliphatic heterocycles. The molecule has 1 rings (SSSR count). The minimum absolute atomic E-state index is 0.0774. The second-order valence-corrected chi connectivity index (χ2v) is 6.14. The van der Waals surface area contributed by atoms with Crippen molar-refractivity contribution in [2.45, 2.75) is 33.7 Å². The van der Waals surface area contributed by atoms with Crippen molar-refractivity contribution < 1.29 is 19.5 Å². The van der Waals surface area contributed by atoms with E-state index in [2.05, 4.69) is 5.32 Å². The molecule has 0 bridgehead atoms. The maximum absolute atomic E-state index is 12.2. The zero-order valence-corrected chi connectivity index (χ0v) is 13.2. The first kappa shape index (κ1) is 17.0. The van der Waals surface area contributed by atoms with Gasteiger partial charge in [0.25, 0.3) is 0 Å². The Balaban J connectivity index is 3.04. The standard InChI is InChI=1S/C13H19N3O4S/c1-6(2)16(5-9(14)17)13(20)15-11-10(12(18)19)7(3)8(4)21-11/h6H,5H2,1-4H3,(H2,14,17)(H,15,20)(H,18,19). The lowest BCUT2D eigenvalue weighted by molar-refractivity contribution is -0.118. The fourth-order valence-corrected chi connectivity index (χ4v) is 2.84. The van der Waals surface area contributed by atoms with Crippen molar-refractivity contribution in [1.29, 1.82) is 0 Å². The van der Waals surface area contributed by atoms with E-state index in [9.17, 15) is 19.5 Å². The van der Waals surface area contributed by atoms with Crippen LogP contribution in [0.15, 0.2) is 0 Å². The van der Waals surface area contributed by atoms with Crippen LogP contribution in [-0.4, -0.2) is 40.5 Å². The molecule has 0 saturated heterocycles. The van der Waals surface area contributed by atoms with E-state index in [4.69, 9.17) is 5.73 Å². The number of nitrogens with zero attached hydrogens (tertiary/aromatic N) is 1. The van der Waals surface area contributed by atoms with E-state index in [0.717, 1.165) is 4.88 Å². The summed E-state index contributed by atoms with van der Waals surface area (Å²) in [6, 6.07) is -0.791. The quantitative estimate of drug-likeness (QED) is 0.769. The molecule has 0 saturated carbocycles. The zero-order chi connectivity index (χ0) is 16.3. The van der Waals surface area contributed by atoms with Crippen LogP contribution in [0.2, 0.25) is 0 Å². The number of carboxylic acid groups (broad SMARTS) is 1. The number of carbonyl (C=O) groups excluding carboxylic acids is 2. The average molecular weight is 313 g/mol. The maximum Gasteiger partial charge on any atom is 0.338 e. The van der Waals surface area contributed by atoms with Crippen molar-refractivity contribution in [3.8, 4) is 0 Å². The summed E-state index contributed by atoms with van der Waals surface area (Å²) < 4.78 is 0. The Morgan fingerprint density at radius 1 is 1.33 bits per heavy atom. The SMILES string of the molecule is Cc1sc(NC(=O)N(CC(N)=O)C(C)C)c(C(=O)O)c1C. The van der Waals surface area contributed by atoms with Crippen LogP contribution < -0.4 is 11.1 Å². The second kappa shape index (κ2) is 6.57. The third kappa shape index (κ3) is 3.94. The van der Waals surface area contributed by atoms with Gasteiger partial charge in [-0.3, -0.25) is 10.1 Å². The molecule has 21 heavy (non-hydrogen) atoms. The molecule has 0 aromatic carbocycles. The minimum Gasteiger partial charge on any atom is -0.478 e. The Morgan fingerprint density at radius 3 is 2.33 bits per heavy atom. The van der Waals surface area contributed by atoms with E-state index in [1.54, 1.807) is 27.7 Å². The zero-order valence-electron chi connectivity index (χ0n) is 12.4. The molecule has 0 aliphatic rings. The molecule has 8 heteroatoms. The highest BCUT2D eigenvalue weighted by molar-refractivity contribution is 7.16. The lowest BCUT2D eigenvalue weighted by Gasteiger charge is -2.25. The number of nitrogens with two attached hydrogens (primary N) is 1. The summed E-state index contributed by atoms with van der Waals surface area (Å²) >= 11 is 1.19. The van der Waals surface area contributed by atoms with Crippen LogP contribution in [0.5, 0.6) is 0 Å². The topological polar surface area (TPSA) is 113 Å².